The molecule has 1 aromatic heterocycles. The summed E-state index contributed by atoms with van der Waals surface area (Å²) in [5, 5.41) is 16.0. The van der Waals surface area contributed by atoms with Gasteiger partial charge in [0.2, 0.25) is 12.5 Å². The van der Waals surface area contributed by atoms with Crippen molar-refractivity contribution < 1.29 is 9.47 Å². The van der Waals surface area contributed by atoms with Crippen LogP contribution in [-0.4, -0.2) is 22.8 Å². The molecule has 176 valence electrons. The SMILES string of the molecule is CCCCc1nc(Cl)c(C2OCCCO2)n1Cc1ccc(-c2ccccc2C2N=NN=N2)cc1. The number of hydrogen-bond donors (Lipinski definition) is 0. The van der Waals surface area contributed by atoms with E-state index in [2.05, 4.69) is 67.5 Å². The Bertz CT molecular complexity index is 1170. The van der Waals surface area contributed by atoms with Crippen molar-refractivity contribution in [1.29, 1.82) is 0 Å². The lowest BCUT2D eigenvalue weighted by Crippen LogP contribution is -2.22. The van der Waals surface area contributed by atoms with Crippen LogP contribution in [0, 0.1) is 0 Å². The fourth-order valence-corrected chi connectivity index (χ4v) is 4.59. The highest BCUT2D eigenvalue weighted by Crippen LogP contribution is 2.34. The smallest absolute Gasteiger partial charge is 0.211 e. The zero-order valence-corrected chi connectivity index (χ0v) is 19.9. The Kier molecular flexibility index (Phi) is 7.08. The molecule has 1 saturated heterocycles. The lowest BCUT2D eigenvalue weighted by Gasteiger charge is -2.25. The minimum Gasteiger partial charge on any atom is -0.347 e. The van der Waals surface area contributed by atoms with E-state index in [1.807, 2.05) is 18.2 Å². The normalized spacial score (nSPS) is 16.5. The molecule has 2 aliphatic heterocycles. The van der Waals surface area contributed by atoms with Crippen LogP contribution < -0.4 is 0 Å². The van der Waals surface area contributed by atoms with Gasteiger partial charge in [0.05, 0.1) is 13.2 Å². The second-order valence-corrected chi connectivity index (χ2v) is 8.75. The summed E-state index contributed by atoms with van der Waals surface area (Å²) in [6.07, 6.45) is 3.01. The first-order valence-electron chi connectivity index (χ1n) is 11.7. The molecule has 1 fully saturated rings. The maximum absolute atomic E-state index is 6.59. The summed E-state index contributed by atoms with van der Waals surface area (Å²) in [5.41, 5.74) is 5.09. The van der Waals surface area contributed by atoms with Gasteiger partial charge < -0.3 is 14.0 Å². The highest BCUT2D eigenvalue weighted by atomic mass is 35.5. The molecule has 0 unspecified atom stereocenters. The van der Waals surface area contributed by atoms with Crippen LogP contribution in [0.1, 0.15) is 61.3 Å². The summed E-state index contributed by atoms with van der Waals surface area (Å²) < 4.78 is 13.9. The molecule has 0 radical (unpaired) electrons. The fraction of sp³-hybridized carbons (Fsp3) is 0.400. The van der Waals surface area contributed by atoms with Crippen molar-refractivity contribution in [3.63, 3.8) is 0 Å². The van der Waals surface area contributed by atoms with Gasteiger partial charge in [0.25, 0.3) is 0 Å². The quantitative estimate of drug-likeness (QED) is 0.354. The minimum absolute atomic E-state index is 0.386. The van der Waals surface area contributed by atoms with Gasteiger partial charge in [-0.05, 0) is 40.0 Å². The van der Waals surface area contributed by atoms with Crippen LogP contribution in [0.15, 0.2) is 69.2 Å². The van der Waals surface area contributed by atoms with E-state index in [-0.39, 0.29) is 6.17 Å². The van der Waals surface area contributed by atoms with Gasteiger partial charge >= 0.3 is 0 Å². The number of imidazole rings is 1. The summed E-state index contributed by atoms with van der Waals surface area (Å²) in [4.78, 5) is 4.67. The van der Waals surface area contributed by atoms with E-state index < -0.39 is 6.29 Å². The predicted molar refractivity (Wildman–Crippen MR) is 129 cm³/mol. The van der Waals surface area contributed by atoms with Crippen molar-refractivity contribution in [2.45, 2.75) is 51.6 Å². The Labute approximate surface area is 203 Å². The third-order valence-corrected chi connectivity index (χ3v) is 6.33. The van der Waals surface area contributed by atoms with Crippen LogP contribution in [0.4, 0.5) is 0 Å². The Hall–Kier alpha value is -2.94. The van der Waals surface area contributed by atoms with E-state index in [4.69, 9.17) is 21.1 Å². The van der Waals surface area contributed by atoms with Gasteiger partial charge in [0, 0.05) is 18.5 Å². The topological polar surface area (TPSA) is 85.7 Å². The summed E-state index contributed by atoms with van der Waals surface area (Å²) >= 11 is 6.59. The lowest BCUT2D eigenvalue weighted by molar-refractivity contribution is -0.186. The van der Waals surface area contributed by atoms with Gasteiger partial charge in [-0.1, -0.05) is 73.5 Å². The van der Waals surface area contributed by atoms with Crippen LogP contribution in [0.2, 0.25) is 5.15 Å². The molecule has 2 aromatic carbocycles. The number of nitrogens with zero attached hydrogens (tertiary/aromatic N) is 6. The standard InChI is InChI=1S/C25H27ClN6O2/c1-2-3-9-21-27-23(26)22(25-33-14-6-15-34-25)32(21)16-17-10-12-18(13-11-17)19-7-4-5-8-20(19)24-28-30-31-29-24/h4-5,7-8,10-13,24-25H,2-3,6,9,14-16H2,1H3. The predicted octanol–water partition coefficient (Wildman–Crippen LogP) is 6.86. The molecule has 0 aliphatic carbocycles. The Morgan fingerprint density at radius 2 is 1.74 bits per heavy atom. The van der Waals surface area contributed by atoms with E-state index in [1.54, 1.807) is 0 Å². The van der Waals surface area contributed by atoms with E-state index in [0.717, 1.165) is 59.5 Å². The summed E-state index contributed by atoms with van der Waals surface area (Å²) in [7, 11) is 0. The molecule has 2 aliphatic rings. The van der Waals surface area contributed by atoms with Crippen LogP contribution in [0.5, 0.6) is 0 Å². The minimum atomic E-state index is -0.481. The Morgan fingerprint density at radius 3 is 2.47 bits per heavy atom. The average molecular weight is 479 g/mol. The van der Waals surface area contributed by atoms with Crippen LogP contribution in [0.3, 0.4) is 0 Å². The first-order chi connectivity index (χ1) is 16.7. The molecule has 3 heterocycles. The van der Waals surface area contributed by atoms with Crippen molar-refractivity contribution in [2.24, 2.45) is 20.7 Å². The average Bonchev–Trinajstić information content (AvgIpc) is 3.52. The second-order valence-electron chi connectivity index (χ2n) is 8.39. The van der Waals surface area contributed by atoms with E-state index in [9.17, 15) is 0 Å². The van der Waals surface area contributed by atoms with Crippen molar-refractivity contribution in [3.8, 4) is 11.1 Å². The first-order valence-corrected chi connectivity index (χ1v) is 12.1. The monoisotopic (exact) mass is 478 g/mol. The maximum Gasteiger partial charge on any atom is 0.211 e. The van der Waals surface area contributed by atoms with Gasteiger partial charge in [0.15, 0.2) is 5.15 Å². The highest BCUT2D eigenvalue weighted by Gasteiger charge is 2.27. The number of halogens is 1. The molecule has 0 N–H and O–H groups in total. The Morgan fingerprint density at radius 1 is 1.00 bits per heavy atom. The largest absolute Gasteiger partial charge is 0.347 e. The number of rotatable bonds is 8. The number of aromatic nitrogens is 2. The van der Waals surface area contributed by atoms with Crippen molar-refractivity contribution in [2.75, 3.05) is 13.2 Å². The van der Waals surface area contributed by atoms with Gasteiger partial charge in [-0.2, -0.15) is 0 Å². The van der Waals surface area contributed by atoms with Gasteiger partial charge in [-0.25, -0.2) is 4.98 Å². The number of ether oxygens (including phenoxy) is 2. The van der Waals surface area contributed by atoms with Gasteiger partial charge in [-0.3, -0.25) is 0 Å². The molecule has 9 heteroatoms. The molecular weight excluding hydrogens is 452 g/mol. The molecular formula is C25H27ClN6O2. The summed E-state index contributed by atoms with van der Waals surface area (Å²) in [5.74, 6) is 0.964. The van der Waals surface area contributed by atoms with Crippen LogP contribution in [-0.2, 0) is 22.4 Å². The number of benzene rings is 2. The first kappa shape index (κ1) is 22.8. The molecule has 3 aromatic rings. The van der Waals surface area contributed by atoms with Crippen LogP contribution in [0.25, 0.3) is 11.1 Å². The van der Waals surface area contributed by atoms with E-state index >= 15 is 0 Å². The maximum atomic E-state index is 6.59. The van der Waals surface area contributed by atoms with Crippen LogP contribution >= 0.6 is 11.6 Å². The zero-order valence-electron chi connectivity index (χ0n) is 19.1. The zero-order chi connectivity index (χ0) is 23.3. The fourth-order valence-electron chi connectivity index (χ4n) is 4.30. The molecule has 8 nitrogen and oxygen atoms in total. The molecule has 0 spiro atoms. The second kappa shape index (κ2) is 10.5. The molecule has 0 saturated carbocycles. The van der Waals surface area contributed by atoms with E-state index in [1.165, 1.54) is 0 Å². The third kappa shape index (κ3) is 4.80. The highest BCUT2D eigenvalue weighted by molar-refractivity contribution is 6.30. The molecule has 0 bridgehead atoms. The summed E-state index contributed by atoms with van der Waals surface area (Å²) in [6.45, 7) is 4.13. The number of hydrogen-bond acceptors (Lipinski definition) is 7. The number of unbranched alkanes of at least 4 members (excludes halogenated alkanes) is 1. The van der Waals surface area contributed by atoms with E-state index in [0.29, 0.717) is 24.9 Å². The number of aryl methyl sites for hydroxylation is 1. The molecule has 34 heavy (non-hydrogen) atoms. The molecule has 0 atom stereocenters. The lowest BCUT2D eigenvalue weighted by atomic mass is 9.97. The van der Waals surface area contributed by atoms with Crippen molar-refractivity contribution in [3.05, 3.63) is 76.3 Å². The third-order valence-electron chi connectivity index (χ3n) is 6.05. The van der Waals surface area contributed by atoms with Gasteiger partial charge in [0.1, 0.15) is 11.5 Å². The van der Waals surface area contributed by atoms with Crippen molar-refractivity contribution in [1.82, 2.24) is 9.55 Å². The summed E-state index contributed by atoms with van der Waals surface area (Å²) in [6, 6.07) is 16.6. The van der Waals surface area contributed by atoms with Gasteiger partial charge in [-0.15, -0.1) is 10.2 Å². The van der Waals surface area contributed by atoms with Crippen molar-refractivity contribution >= 4 is 11.6 Å². The molecule has 5 rings (SSSR count). The Balaban J connectivity index is 1.43. The molecule has 0 amide bonds.